The van der Waals surface area contributed by atoms with E-state index in [1.165, 1.54) is 12.1 Å². The predicted octanol–water partition coefficient (Wildman–Crippen LogP) is 5.79. The minimum absolute atomic E-state index is 0.117. The van der Waals surface area contributed by atoms with E-state index in [1.807, 2.05) is 0 Å². The fourth-order valence-corrected chi connectivity index (χ4v) is 9.46. The molecule has 2 aliphatic rings. The first kappa shape index (κ1) is 15.3. The number of benzene rings is 1. The zero-order chi connectivity index (χ0) is 14.4. The van der Waals surface area contributed by atoms with Gasteiger partial charge in [0.15, 0.2) is 0 Å². The monoisotopic (exact) mass is 642 g/mol. The molecule has 1 aromatic carbocycles. The molecule has 0 saturated heterocycles. The van der Waals surface area contributed by atoms with Crippen LogP contribution in [0.2, 0.25) is 0 Å². The van der Waals surface area contributed by atoms with Gasteiger partial charge in [-0.2, -0.15) is 0 Å². The quantitative estimate of drug-likeness (QED) is 0.277. The Kier molecular flexibility index (Phi) is 3.43. The minimum atomic E-state index is -0.750. The summed E-state index contributed by atoms with van der Waals surface area (Å²) < 4.78 is -0.532. The third-order valence-electron chi connectivity index (χ3n) is 3.51. The summed E-state index contributed by atoms with van der Waals surface area (Å²) in [5.74, 6) is 0.234. The van der Waals surface area contributed by atoms with Crippen LogP contribution >= 0.6 is 95.6 Å². The Morgan fingerprint density at radius 3 is 1.37 bits per heavy atom. The first-order valence-electron chi connectivity index (χ1n) is 4.99. The molecule has 19 heavy (non-hydrogen) atoms. The van der Waals surface area contributed by atoms with Crippen molar-refractivity contribution in [3.05, 3.63) is 32.2 Å². The van der Waals surface area contributed by atoms with Crippen LogP contribution in [0.1, 0.15) is 11.1 Å². The molecule has 2 bridgehead atoms. The minimum Gasteiger partial charge on any atom is -0.508 e. The molecule has 8 heteroatoms. The second kappa shape index (κ2) is 4.25. The van der Waals surface area contributed by atoms with Gasteiger partial charge in [-0.15, -0.1) is 0 Å². The van der Waals surface area contributed by atoms with Crippen LogP contribution in [-0.2, 0) is 8.65 Å². The Hall–Kier alpha value is 1.44. The maximum Gasteiger partial charge on any atom is 0.129 e. The average molecular weight is 648 g/mol. The van der Waals surface area contributed by atoms with Gasteiger partial charge in [0, 0.05) is 20.1 Å². The van der Waals surface area contributed by atoms with Crippen molar-refractivity contribution < 1.29 is 10.2 Å². The first-order valence-corrected chi connectivity index (χ1v) is 9.75. The van der Waals surface area contributed by atoms with Gasteiger partial charge in [0.25, 0.3) is 0 Å². The molecule has 2 N–H and O–H groups in total. The molecule has 2 nitrogen and oxygen atoms in total. The second-order valence-corrected chi connectivity index (χ2v) is 11.8. The van der Waals surface area contributed by atoms with Gasteiger partial charge >= 0.3 is 0 Å². The van der Waals surface area contributed by atoms with Gasteiger partial charge in [-0.25, -0.2) is 0 Å². The third kappa shape index (κ3) is 1.42. The number of halogens is 6. The zero-order valence-corrected chi connectivity index (χ0v) is 18.3. The number of phenols is 2. The summed E-state index contributed by atoms with van der Waals surface area (Å²) in [7, 11) is 0. The van der Waals surface area contributed by atoms with E-state index in [0.717, 1.165) is 8.96 Å². The number of hydrogen-bond donors (Lipinski definition) is 2. The smallest absolute Gasteiger partial charge is 0.129 e. The highest BCUT2D eigenvalue weighted by molar-refractivity contribution is 9.27. The molecule has 2 atom stereocenters. The number of hydrogen-bond acceptors (Lipinski definition) is 2. The van der Waals surface area contributed by atoms with Crippen LogP contribution in [0, 0.1) is 0 Å². The van der Waals surface area contributed by atoms with Crippen LogP contribution in [0.4, 0.5) is 0 Å². The Labute approximate surface area is 159 Å². The van der Waals surface area contributed by atoms with Crippen molar-refractivity contribution in [2.75, 3.05) is 0 Å². The topological polar surface area (TPSA) is 40.5 Å². The summed E-state index contributed by atoms with van der Waals surface area (Å²) in [6.07, 6.45) is 0. The number of phenolic OH excluding ortho intramolecular Hbond substituents is 2. The van der Waals surface area contributed by atoms with Crippen LogP contribution in [0.5, 0.6) is 11.5 Å². The molecule has 0 fully saturated rings. The summed E-state index contributed by atoms with van der Waals surface area (Å²) >= 11 is 21.9. The molecule has 0 spiro atoms. The van der Waals surface area contributed by atoms with Gasteiger partial charge in [-0.05, 0) is 12.1 Å². The summed E-state index contributed by atoms with van der Waals surface area (Å²) in [5.41, 5.74) is 1.24. The van der Waals surface area contributed by atoms with Crippen LogP contribution in [0.3, 0.4) is 0 Å². The molecule has 3 rings (SSSR count). The molecule has 0 radical (unpaired) electrons. The Balaban J connectivity index is 2.55. The van der Waals surface area contributed by atoms with Crippen LogP contribution < -0.4 is 0 Å². The van der Waals surface area contributed by atoms with Gasteiger partial charge in [0.1, 0.15) is 23.4 Å². The molecule has 0 heterocycles. The van der Waals surface area contributed by atoms with Crippen molar-refractivity contribution in [1.29, 1.82) is 0 Å². The third-order valence-corrected chi connectivity index (χ3v) is 14.4. The second-order valence-electron chi connectivity index (χ2n) is 4.37. The van der Waals surface area contributed by atoms with E-state index >= 15 is 0 Å². The largest absolute Gasteiger partial charge is 0.508 e. The molecule has 0 amide bonds. The van der Waals surface area contributed by atoms with Crippen molar-refractivity contribution >= 4 is 95.6 Å². The molecule has 102 valence electrons. The lowest BCUT2D eigenvalue weighted by Gasteiger charge is -2.33. The number of aromatic hydroxyl groups is 2. The van der Waals surface area contributed by atoms with Gasteiger partial charge in [0.2, 0.25) is 0 Å². The van der Waals surface area contributed by atoms with Crippen LogP contribution in [0.25, 0.3) is 0 Å². The SMILES string of the molecule is Oc1ccc(O)c2c1C1(Br)C(Br)=C(Br)C2(Br)C1(Br)Br. The van der Waals surface area contributed by atoms with Crippen LogP contribution in [0.15, 0.2) is 21.1 Å². The summed E-state index contributed by atoms with van der Waals surface area (Å²) in [6, 6.07) is 2.97. The van der Waals surface area contributed by atoms with Gasteiger partial charge in [-0.3, -0.25) is 0 Å². The molecule has 0 aliphatic heterocycles. The number of allylic oxidation sites excluding steroid dienone is 2. The Morgan fingerprint density at radius 2 is 1.05 bits per heavy atom. The van der Waals surface area contributed by atoms with E-state index in [1.54, 1.807) is 0 Å². The fraction of sp³-hybridized carbons (Fsp3) is 0.273. The lowest BCUT2D eigenvalue weighted by Crippen LogP contribution is -2.37. The summed E-state index contributed by atoms with van der Waals surface area (Å²) in [6.45, 7) is 0. The maximum atomic E-state index is 10.2. The highest BCUT2D eigenvalue weighted by Crippen LogP contribution is 2.82. The number of rotatable bonds is 0. The highest BCUT2D eigenvalue weighted by Gasteiger charge is 2.76. The lowest BCUT2D eigenvalue weighted by molar-refractivity contribution is 0.449. The molecule has 2 aliphatic carbocycles. The summed E-state index contributed by atoms with van der Waals surface area (Å²) in [5, 5.41) is 20.5. The summed E-state index contributed by atoms with van der Waals surface area (Å²) in [4.78, 5) is 0. The standard InChI is InChI=1S/C11H4Br6O2/c12-7-8(13)10(15)6-4(19)2-1-3(18)5(6)9(7,14)11(10,16)17/h1-2,18-19H. The van der Waals surface area contributed by atoms with Crippen molar-refractivity contribution in [2.24, 2.45) is 0 Å². The highest BCUT2D eigenvalue weighted by atomic mass is 79.9. The van der Waals surface area contributed by atoms with Gasteiger partial charge in [-0.1, -0.05) is 95.6 Å². The van der Waals surface area contributed by atoms with Crippen molar-refractivity contribution in [3.8, 4) is 11.5 Å². The molecular weight excluding hydrogens is 644 g/mol. The Bertz CT molecular complexity index is 602. The average Bonchev–Trinajstić information content (AvgIpc) is 2.55. The molecular formula is C11H4Br6O2. The number of fused-ring (bicyclic) bond motifs is 5. The zero-order valence-electron chi connectivity index (χ0n) is 8.82. The lowest BCUT2D eigenvalue weighted by atomic mass is 9.95. The van der Waals surface area contributed by atoms with Crippen LogP contribution in [-0.4, -0.2) is 13.4 Å². The molecule has 0 aromatic heterocycles. The van der Waals surface area contributed by atoms with E-state index in [9.17, 15) is 10.2 Å². The Morgan fingerprint density at radius 1 is 0.737 bits per heavy atom. The van der Waals surface area contributed by atoms with E-state index < -0.39 is 11.9 Å². The van der Waals surface area contributed by atoms with Crippen molar-refractivity contribution in [3.63, 3.8) is 0 Å². The maximum absolute atomic E-state index is 10.2. The van der Waals surface area contributed by atoms with E-state index in [2.05, 4.69) is 95.6 Å². The first-order chi connectivity index (χ1) is 8.61. The molecule has 1 aromatic rings. The fourth-order valence-electron chi connectivity index (χ4n) is 2.63. The van der Waals surface area contributed by atoms with Crippen molar-refractivity contribution in [2.45, 2.75) is 11.9 Å². The van der Waals surface area contributed by atoms with Gasteiger partial charge < -0.3 is 10.2 Å². The van der Waals surface area contributed by atoms with Gasteiger partial charge in [0.05, 0.1) is 0 Å². The van der Waals surface area contributed by atoms with Crippen molar-refractivity contribution in [1.82, 2.24) is 0 Å². The van der Waals surface area contributed by atoms with E-state index in [4.69, 9.17) is 0 Å². The van der Waals surface area contributed by atoms with E-state index in [0.29, 0.717) is 11.1 Å². The predicted molar refractivity (Wildman–Crippen MR) is 96.4 cm³/mol. The van der Waals surface area contributed by atoms with E-state index in [-0.39, 0.29) is 11.5 Å². The number of alkyl halides is 4. The molecule has 2 unspecified atom stereocenters. The molecule has 0 saturated carbocycles. The normalized spacial score (nSPS) is 34.8.